The van der Waals surface area contributed by atoms with E-state index >= 15 is 0 Å². The van der Waals surface area contributed by atoms with Gasteiger partial charge in [0.1, 0.15) is 0 Å². The van der Waals surface area contributed by atoms with Gasteiger partial charge in [-0.15, -0.1) is 11.3 Å². The van der Waals surface area contributed by atoms with Crippen molar-refractivity contribution < 1.29 is 61.3 Å². The van der Waals surface area contributed by atoms with Gasteiger partial charge in [-0.2, -0.15) is 0 Å². The first kappa shape index (κ1) is 30.0. The second kappa shape index (κ2) is 14.1. The summed E-state index contributed by atoms with van der Waals surface area (Å²) in [5, 5.41) is 14.0. The SMILES string of the molecule is CN(Cc1ccc(C2CCCCC2)cc1)c1ccc(-c2csc(N(C)Cc3ccc(C(=O)[O-])cc3)n2)cc1.[K+]. The van der Waals surface area contributed by atoms with E-state index in [-0.39, 0.29) is 56.9 Å². The van der Waals surface area contributed by atoms with Crippen LogP contribution < -0.4 is 66.3 Å². The van der Waals surface area contributed by atoms with E-state index in [9.17, 15) is 9.90 Å². The number of carboxylic acids is 1. The van der Waals surface area contributed by atoms with Crippen LogP contribution in [0, 0.1) is 0 Å². The predicted molar refractivity (Wildman–Crippen MR) is 155 cm³/mol. The van der Waals surface area contributed by atoms with E-state index in [4.69, 9.17) is 4.98 Å². The number of aromatic carboxylic acids is 1. The molecule has 0 atom stereocenters. The molecule has 0 radical (unpaired) electrons. The molecule has 0 saturated heterocycles. The van der Waals surface area contributed by atoms with Crippen molar-refractivity contribution in [1.29, 1.82) is 0 Å². The molecule has 1 aliphatic carbocycles. The van der Waals surface area contributed by atoms with Crippen molar-refractivity contribution in [3.63, 3.8) is 0 Å². The molecular formula is C32H34KN3O2S. The summed E-state index contributed by atoms with van der Waals surface area (Å²) in [6, 6.07) is 24.6. The molecule has 4 aromatic rings. The number of thiazole rings is 1. The second-order valence-corrected chi connectivity index (χ2v) is 11.2. The number of benzene rings is 3. The van der Waals surface area contributed by atoms with Crippen molar-refractivity contribution in [1.82, 2.24) is 4.98 Å². The van der Waals surface area contributed by atoms with Gasteiger partial charge < -0.3 is 19.7 Å². The minimum absolute atomic E-state index is 0. The molecule has 39 heavy (non-hydrogen) atoms. The fourth-order valence-electron chi connectivity index (χ4n) is 5.24. The van der Waals surface area contributed by atoms with Crippen LogP contribution in [0.3, 0.4) is 0 Å². The Morgan fingerprint density at radius 1 is 0.846 bits per heavy atom. The van der Waals surface area contributed by atoms with Crippen LogP contribution >= 0.6 is 11.3 Å². The number of rotatable bonds is 9. The summed E-state index contributed by atoms with van der Waals surface area (Å²) in [5.74, 6) is -0.410. The Balaban J connectivity index is 0.00000353. The Hall–Kier alpha value is -2.00. The molecule has 7 heteroatoms. The van der Waals surface area contributed by atoms with E-state index in [1.165, 1.54) is 48.9 Å². The molecule has 1 aromatic heterocycles. The zero-order valence-corrected chi connectivity index (χ0v) is 27.0. The molecule has 0 N–H and O–H groups in total. The van der Waals surface area contributed by atoms with E-state index < -0.39 is 5.97 Å². The fourth-order valence-corrected chi connectivity index (χ4v) is 6.04. The van der Waals surface area contributed by atoms with Crippen molar-refractivity contribution in [2.24, 2.45) is 0 Å². The van der Waals surface area contributed by atoms with Gasteiger partial charge in [0, 0.05) is 43.8 Å². The molecule has 5 rings (SSSR count). The van der Waals surface area contributed by atoms with Crippen molar-refractivity contribution in [3.05, 3.63) is 100 Å². The fraction of sp³-hybridized carbons (Fsp3) is 0.312. The predicted octanol–water partition coefficient (Wildman–Crippen LogP) is 3.50. The Bertz CT molecular complexity index is 1350. The molecule has 1 heterocycles. The van der Waals surface area contributed by atoms with Gasteiger partial charge in [0.05, 0.1) is 11.7 Å². The van der Waals surface area contributed by atoms with Crippen molar-refractivity contribution in [2.45, 2.75) is 51.1 Å². The minimum Gasteiger partial charge on any atom is -0.545 e. The second-order valence-electron chi connectivity index (χ2n) is 10.3. The van der Waals surface area contributed by atoms with Gasteiger partial charge >= 0.3 is 51.4 Å². The smallest absolute Gasteiger partial charge is 0.545 e. The minimum atomic E-state index is -1.16. The third-order valence-corrected chi connectivity index (χ3v) is 8.46. The Morgan fingerprint density at radius 3 is 2.05 bits per heavy atom. The zero-order valence-electron chi connectivity index (χ0n) is 23.1. The topological polar surface area (TPSA) is 59.5 Å². The van der Waals surface area contributed by atoms with Gasteiger partial charge in [-0.1, -0.05) is 79.9 Å². The number of nitrogens with zero attached hydrogens (tertiary/aromatic N) is 3. The number of hydrogen-bond donors (Lipinski definition) is 0. The Kier molecular flexibility index (Phi) is 10.8. The number of anilines is 2. The maximum atomic E-state index is 11.0. The van der Waals surface area contributed by atoms with Gasteiger partial charge in [-0.3, -0.25) is 0 Å². The number of aromatic nitrogens is 1. The molecule has 1 aliphatic rings. The van der Waals surface area contributed by atoms with E-state index in [1.807, 2.05) is 19.2 Å². The van der Waals surface area contributed by atoms with Crippen LogP contribution in [0.15, 0.2) is 78.2 Å². The Labute approximate surface area is 278 Å². The molecule has 0 unspecified atom stereocenters. The third kappa shape index (κ3) is 7.81. The molecule has 1 fully saturated rings. The summed E-state index contributed by atoms with van der Waals surface area (Å²) in [6.45, 7) is 1.52. The van der Waals surface area contributed by atoms with Crippen LogP contribution in [0.1, 0.15) is 65.1 Å². The first-order valence-corrected chi connectivity index (χ1v) is 14.2. The Morgan fingerprint density at radius 2 is 1.44 bits per heavy atom. The standard InChI is InChI=1S/C32H35N3O2S.K/c1-34(20-23-8-12-26(13-9-23)25-6-4-3-5-7-25)29-18-16-27(17-19-29)30-22-38-32(33-30)35(2)21-24-10-14-28(15-11-24)31(36)37;/h8-19,22,25H,3-7,20-21H2,1-2H3,(H,36,37);/q;+1/p-1. The van der Waals surface area contributed by atoms with Crippen LogP contribution in [0.4, 0.5) is 10.8 Å². The number of carbonyl (C=O) groups is 1. The molecule has 1 saturated carbocycles. The summed E-state index contributed by atoms with van der Waals surface area (Å²) in [4.78, 5) is 20.2. The van der Waals surface area contributed by atoms with Crippen LogP contribution in [0.25, 0.3) is 11.3 Å². The van der Waals surface area contributed by atoms with Crippen LogP contribution in [0.2, 0.25) is 0 Å². The van der Waals surface area contributed by atoms with Crippen LogP contribution in [-0.4, -0.2) is 25.0 Å². The molecule has 5 nitrogen and oxygen atoms in total. The maximum Gasteiger partial charge on any atom is 1.00 e. The summed E-state index contributed by atoms with van der Waals surface area (Å²) in [5.41, 5.74) is 7.27. The summed E-state index contributed by atoms with van der Waals surface area (Å²) >= 11 is 1.60. The number of hydrogen-bond acceptors (Lipinski definition) is 6. The average Bonchev–Trinajstić information content (AvgIpc) is 3.45. The summed E-state index contributed by atoms with van der Waals surface area (Å²) < 4.78 is 0. The van der Waals surface area contributed by atoms with Crippen molar-refractivity contribution in [2.75, 3.05) is 23.9 Å². The first-order valence-electron chi connectivity index (χ1n) is 13.3. The third-order valence-electron chi connectivity index (χ3n) is 7.51. The molecular weight excluding hydrogens is 530 g/mol. The largest absolute Gasteiger partial charge is 1.00 e. The summed E-state index contributed by atoms with van der Waals surface area (Å²) in [6.07, 6.45) is 6.80. The van der Waals surface area contributed by atoms with Crippen LogP contribution in [-0.2, 0) is 13.1 Å². The van der Waals surface area contributed by atoms with Gasteiger partial charge in [-0.05, 0) is 53.1 Å². The molecule has 3 aromatic carbocycles. The van der Waals surface area contributed by atoms with Crippen LogP contribution in [0.5, 0.6) is 0 Å². The molecule has 0 aliphatic heterocycles. The van der Waals surface area contributed by atoms with Gasteiger partial charge in [0.2, 0.25) is 0 Å². The monoisotopic (exact) mass is 563 g/mol. The van der Waals surface area contributed by atoms with Gasteiger partial charge in [0.25, 0.3) is 0 Å². The molecule has 196 valence electrons. The van der Waals surface area contributed by atoms with E-state index in [0.717, 1.165) is 34.4 Å². The molecule has 0 amide bonds. The normalized spacial score (nSPS) is 13.5. The number of carboxylic acid groups (broad SMARTS) is 1. The number of carbonyl (C=O) groups excluding carboxylic acids is 1. The van der Waals surface area contributed by atoms with Crippen molar-refractivity contribution in [3.8, 4) is 11.3 Å². The first-order chi connectivity index (χ1) is 18.5. The van der Waals surface area contributed by atoms with Gasteiger partial charge in [0.15, 0.2) is 5.13 Å². The van der Waals surface area contributed by atoms with Gasteiger partial charge in [-0.25, -0.2) is 4.98 Å². The summed E-state index contributed by atoms with van der Waals surface area (Å²) in [7, 11) is 4.13. The van der Waals surface area contributed by atoms with E-state index in [1.54, 1.807) is 23.5 Å². The maximum absolute atomic E-state index is 11.0. The van der Waals surface area contributed by atoms with E-state index in [2.05, 4.69) is 70.8 Å². The molecule has 0 spiro atoms. The quantitative estimate of drug-likeness (QED) is 0.292. The van der Waals surface area contributed by atoms with Crippen molar-refractivity contribution >= 4 is 28.1 Å². The van der Waals surface area contributed by atoms with E-state index in [0.29, 0.717) is 6.54 Å². The zero-order chi connectivity index (χ0) is 26.5. The molecule has 0 bridgehead atoms. The average molecular weight is 564 g/mol.